The molecule has 1 aliphatic rings. The van der Waals surface area contributed by atoms with Crippen LogP contribution in [0.5, 0.6) is 5.75 Å². The molecule has 1 saturated heterocycles. The largest absolute Gasteiger partial charge is 0.497 e. The first kappa shape index (κ1) is 17.8. The third-order valence-corrected chi connectivity index (χ3v) is 4.83. The van der Waals surface area contributed by atoms with Gasteiger partial charge in [0.1, 0.15) is 5.75 Å². The molecular formula is C21H29N3O. The Hall–Kier alpha value is -2.04. The Kier molecular flexibility index (Phi) is 6.31. The van der Waals surface area contributed by atoms with Crippen LogP contribution in [0.3, 0.4) is 0 Å². The lowest BCUT2D eigenvalue weighted by Crippen LogP contribution is -2.50. The van der Waals surface area contributed by atoms with Crippen molar-refractivity contribution < 1.29 is 4.74 Å². The SMILES string of the molecule is COc1ccc(NCC[C@@H]2CN(Cc3ccccc3)CCN2)c(C)c1. The molecule has 1 atom stereocenters. The summed E-state index contributed by atoms with van der Waals surface area (Å²) in [5, 5.41) is 7.21. The number of methoxy groups -OCH3 is 1. The number of anilines is 1. The van der Waals surface area contributed by atoms with Crippen molar-refractivity contribution in [2.45, 2.75) is 25.9 Å². The van der Waals surface area contributed by atoms with Crippen LogP contribution in [0.25, 0.3) is 0 Å². The summed E-state index contributed by atoms with van der Waals surface area (Å²) in [6.07, 6.45) is 1.12. The predicted molar refractivity (Wildman–Crippen MR) is 104 cm³/mol. The van der Waals surface area contributed by atoms with Crippen molar-refractivity contribution in [1.29, 1.82) is 0 Å². The maximum atomic E-state index is 5.27. The highest BCUT2D eigenvalue weighted by Crippen LogP contribution is 2.21. The van der Waals surface area contributed by atoms with Gasteiger partial charge in [0.25, 0.3) is 0 Å². The Bertz CT molecular complexity index is 659. The van der Waals surface area contributed by atoms with E-state index >= 15 is 0 Å². The molecule has 134 valence electrons. The number of piperazine rings is 1. The first-order valence-corrected chi connectivity index (χ1v) is 9.13. The molecule has 25 heavy (non-hydrogen) atoms. The van der Waals surface area contributed by atoms with Crippen LogP contribution in [0.2, 0.25) is 0 Å². The summed E-state index contributed by atoms with van der Waals surface area (Å²) in [5.41, 5.74) is 3.81. The van der Waals surface area contributed by atoms with Crippen molar-refractivity contribution in [1.82, 2.24) is 10.2 Å². The normalized spacial score (nSPS) is 18.1. The Balaban J connectivity index is 1.45. The summed E-state index contributed by atoms with van der Waals surface area (Å²) in [6.45, 7) is 7.44. The number of benzene rings is 2. The minimum atomic E-state index is 0.545. The minimum absolute atomic E-state index is 0.545. The Morgan fingerprint density at radius 3 is 2.80 bits per heavy atom. The van der Waals surface area contributed by atoms with Gasteiger partial charge in [0.2, 0.25) is 0 Å². The molecule has 2 N–H and O–H groups in total. The van der Waals surface area contributed by atoms with E-state index in [9.17, 15) is 0 Å². The zero-order chi connectivity index (χ0) is 17.5. The summed E-state index contributed by atoms with van der Waals surface area (Å²) in [5.74, 6) is 0.911. The summed E-state index contributed by atoms with van der Waals surface area (Å²) >= 11 is 0. The van der Waals surface area contributed by atoms with E-state index in [0.29, 0.717) is 6.04 Å². The quantitative estimate of drug-likeness (QED) is 0.812. The van der Waals surface area contributed by atoms with Crippen LogP contribution < -0.4 is 15.4 Å². The van der Waals surface area contributed by atoms with Crippen LogP contribution >= 0.6 is 0 Å². The van der Waals surface area contributed by atoms with Gasteiger partial charge in [-0.15, -0.1) is 0 Å². The van der Waals surface area contributed by atoms with Gasteiger partial charge in [-0.05, 0) is 42.7 Å². The summed E-state index contributed by atoms with van der Waals surface area (Å²) < 4.78 is 5.27. The second kappa shape index (κ2) is 8.88. The highest BCUT2D eigenvalue weighted by atomic mass is 16.5. The van der Waals surface area contributed by atoms with E-state index in [1.807, 2.05) is 6.07 Å². The predicted octanol–water partition coefficient (Wildman–Crippen LogP) is 3.28. The van der Waals surface area contributed by atoms with Gasteiger partial charge in [0, 0.05) is 44.5 Å². The van der Waals surface area contributed by atoms with E-state index in [1.165, 1.54) is 16.8 Å². The van der Waals surface area contributed by atoms with E-state index < -0.39 is 0 Å². The van der Waals surface area contributed by atoms with E-state index in [1.54, 1.807) is 7.11 Å². The molecule has 2 aromatic rings. The number of aryl methyl sites for hydroxylation is 1. The van der Waals surface area contributed by atoms with E-state index in [-0.39, 0.29) is 0 Å². The van der Waals surface area contributed by atoms with Gasteiger partial charge in [0.05, 0.1) is 7.11 Å². The molecule has 0 amide bonds. The Labute approximate surface area is 151 Å². The fraction of sp³-hybridized carbons (Fsp3) is 0.429. The maximum absolute atomic E-state index is 5.27. The number of hydrogen-bond donors (Lipinski definition) is 2. The van der Waals surface area contributed by atoms with E-state index in [0.717, 1.165) is 44.9 Å². The molecule has 4 heteroatoms. The number of ether oxygens (including phenoxy) is 1. The third kappa shape index (κ3) is 5.21. The highest BCUT2D eigenvalue weighted by molar-refractivity contribution is 5.53. The number of nitrogens with zero attached hydrogens (tertiary/aromatic N) is 1. The summed E-state index contributed by atoms with van der Waals surface area (Å²) in [6, 6.07) is 17.5. The lowest BCUT2D eigenvalue weighted by atomic mass is 10.1. The minimum Gasteiger partial charge on any atom is -0.497 e. The molecule has 2 aromatic carbocycles. The van der Waals surface area contributed by atoms with Gasteiger partial charge < -0.3 is 15.4 Å². The number of rotatable bonds is 7. The average molecular weight is 339 g/mol. The topological polar surface area (TPSA) is 36.5 Å². The van der Waals surface area contributed by atoms with Crippen molar-refractivity contribution in [2.24, 2.45) is 0 Å². The summed E-state index contributed by atoms with van der Waals surface area (Å²) in [7, 11) is 1.71. The lowest BCUT2D eigenvalue weighted by Gasteiger charge is -2.34. The van der Waals surface area contributed by atoms with Crippen molar-refractivity contribution in [3.05, 3.63) is 59.7 Å². The monoisotopic (exact) mass is 339 g/mol. The molecule has 0 radical (unpaired) electrons. The van der Waals surface area contributed by atoms with Crippen molar-refractivity contribution >= 4 is 5.69 Å². The first-order valence-electron chi connectivity index (χ1n) is 9.13. The van der Waals surface area contributed by atoms with Crippen LogP contribution in [0.4, 0.5) is 5.69 Å². The molecule has 0 aliphatic carbocycles. The molecule has 3 rings (SSSR count). The molecule has 1 aliphatic heterocycles. The van der Waals surface area contributed by atoms with Crippen LogP contribution in [0.1, 0.15) is 17.5 Å². The third-order valence-electron chi connectivity index (χ3n) is 4.83. The highest BCUT2D eigenvalue weighted by Gasteiger charge is 2.18. The van der Waals surface area contributed by atoms with Crippen molar-refractivity contribution in [2.75, 3.05) is 38.6 Å². The molecule has 0 unspecified atom stereocenters. The van der Waals surface area contributed by atoms with Crippen molar-refractivity contribution in [3.63, 3.8) is 0 Å². The Morgan fingerprint density at radius 2 is 2.04 bits per heavy atom. The molecule has 1 fully saturated rings. The van der Waals surface area contributed by atoms with Gasteiger partial charge in [-0.25, -0.2) is 0 Å². The number of nitrogens with one attached hydrogen (secondary N) is 2. The van der Waals surface area contributed by atoms with Crippen LogP contribution in [0.15, 0.2) is 48.5 Å². The van der Waals surface area contributed by atoms with Gasteiger partial charge in [0.15, 0.2) is 0 Å². The summed E-state index contributed by atoms with van der Waals surface area (Å²) in [4.78, 5) is 2.55. The molecular weight excluding hydrogens is 310 g/mol. The molecule has 0 saturated carbocycles. The van der Waals surface area contributed by atoms with E-state index in [2.05, 4.69) is 64.9 Å². The van der Waals surface area contributed by atoms with Gasteiger partial charge >= 0.3 is 0 Å². The standard InChI is InChI=1S/C21H29N3O/c1-17-14-20(25-2)8-9-21(17)23-11-10-19-16-24(13-12-22-19)15-18-6-4-3-5-7-18/h3-9,14,19,22-23H,10-13,15-16H2,1-2H3/t19-/m1/s1. The Morgan fingerprint density at radius 1 is 1.20 bits per heavy atom. The maximum Gasteiger partial charge on any atom is 0.119 e. The first-order chi connectivity index (χ1) is 12.2. The van der Waals surface area contributed by atoms with E-state index in [4.69, 9.17) is 4.74 Å². The van der Waals surface area contributed by atoms with Crippen molar-refractivity contribution in [3.8, 4) is 5.75 Å². The van der Waals surface area contributed by atoms with Crippen LogP contribution in [-0.4, -0.2) is 44.2 Å². The smallest absolute Gasteiger partial charge is 0.119 e. The molecule has 1 heterocycles. The molecule has 0 spiro atoms. The van der Waals surface area contributed by atoms with Crippen LogP contribution in [0, 0.1) is 6.92 Å². The lowest BCUT2D eigenvalue weighted by molar-refractivity contribution is 0.189. The van der Waals surface area contributed by atoms with Gasteiger partial charge in [-0.1, -0.05) is 30.3 Å². The molecule has 4 nitrogen and oxygen atoms in total. The zero-order valence-electron chi connectivity index (χ0n) is 15.3. The fourth-order valence-corrected chi connectivity index (χ4v) is 3.42. The molecule has 0 aromatic heterocycles. The second-order valence-electron chi connectivity index (χ2n) is 6.77. The molecule has 0 bridgehead atoms. The fourth-order valence-electron chi connectivity index (χ4n) is 3.42. The zero-order valence-corrected chi connectivity index (χ0v) is 15.3. The number of hydrogen-bond acceptors (Lipinski definition) is 4. The average Bonchev–Trinajstić information content (AvgIpc) is 2.64. The van der Waals surface area contributed by atoms with Gasteiger partial charge in [-0.3, -0.25) is 4.90 Å². The van der Waals surface area contributed by atoms with Crippen LogP contribution in [-0.2, 0) is 6.54 Å². The van der Waals surface area contributed by atoms with Gasteiger partial charge in [-0.2, -0.15) is 0 Å². The second-order valence-corrected chi connectivity index (χ2v) is 6.77.